The van der Waals surface area contributed by atoms with Gasteiger partial charge in [-0.25, -0.2) is 0 Å². The highest BCUT2D eigenvalue weighted by molar-refractivity contribution is 5.78. The summed E-state index contributed by atoms with van der Waals surface area (Å²) in [5, 5.41) is 7.17. The third kappa shape index (κ3) is 3.94. The van der Waals surface area contributed by atoms with Crippen molar-refractivity contribution >= 4 is 22.3 Å². The van der Waals surface area contributed by atoms with Crippen molar-refractivity contribution in [3.05, 3.63) is 91.9 Å². The Kier molecular flexibility index (Phi) is 5.21. The first kappa shape index (κ1) is 19.0. The van der Waals surface area contributed by atoms with Crippen LogP contribution in [0.25, 0.3) is 11.0 Å². The number of benzene rings is 2. The third-order valence-corrected chi connectivity index (χ3v) is 5.19. The van der Waals surface area contributed by atoms with Crippen molar-refractivity contribution in [2.45, 2.75) is 32.7 Å². The minimum atomic E-state index is -0.482. The number of furan rings is 1. The molecule has 5 nitrogen and oxygen atoms in total. The Labute approximate surface area is 169 Å². The Balaban J connectivity index is 1.36. The van der Waals surface area contributed by atoms with Crippen molar-refractivity contribution in [1.29, 1.82) is 0 Å². The van der Waals surface area contributed by atoms with Crippen LogP contribution in [0.2, 0.25) is 0 Å². The van der Waals surface area contributed by atoms with Crippen LogP contribution < -0.4 is 21.5 Å². The summed E-state index contributed by atoms with van der Waals surface area (Å²) in [6, 6.07) is 18.2. The van der Waals surface area contributed by atoms with E-state index in [1.165, 1.54) is 11.1 Å². The number of hydrogen-bond donors (Lipinski definition) is 2. The zero-order chi connectivity index (χ0) is 20.4. The average molecular weight is 388 g/mol. The molecule has 0 bridgehead atoms. The Morgan fingerprint density at radius 2 is 1.59 bits per heavy atom. The second kappa shape index (κ2) is 7.95. The minimum absolute atomic E-state index is 0.339. The number of nitrogens with one attached hydrogen (secondary N) is 2. The zero-order valence-electron chi connectivity index (χ0n) is 16.6. The summed E-state index contributed by atoms with van der Waals surface area (Å²) in [4.78, 5) is 23.9. The smallest absolute Gasteiger partial charge is 0.253 e. The van der Waals surface area contributed by atoms with Gasteiger partial charge in [-0.05, 0) is 35.6 Å². The molecule has 2 N–H and O–H groups in total. The quantitative estimate of drug-likeness (QED) is 0.437. The second-order valence-corrected chi connectivity index (χ2v) is 7.59. The molecule has 0 fully saturated rings. The average Bonchev–Trinajstić information content (AvgIpc) is 3.15. The maximum atomic E-state index is 12.0. The summed E-state index contributed by atoms with van der Waals surface area (Å²) in [7, 11) is 0. The molecule has 0 amide bonds. The highest BCUT2D eigenvalue weighted by atomic mass is 16.3. The van der Waals surface area contributed by atoms with Gasteiger partial charge in [0.2, 0.25) is 0 Å². The zero-order valence-corrected chi connectivity index (χ0v) is 16.6. The Morgan fingerprint density at radius 3 is 2.28 bits per heavy atom. The lowest BCUT2D eigenvalue weighted by Gasteiger charge is -2.14. The van der Waals surface area contributed by atoms with Gasteiger partial charge in [-0.1, -0.05) is 56.3 Å². The summed E-state index contributed by atoms with van der Waals surface area (Å²) in [6.45, 7) is 5.28. The fourth-order valence-corrected chi connectivity index (χ4v) is 3.43. The van der Waals surface area contributed by atoms with Gasteiger partial charge in [-0.2, -0.15) is 0 Å². The molecule has 3 aromatic carbocycles. The Morgan fingerprint density at radius 1 is 0.897 bits per heavy atom. The van der Waals surface area contributed by atoms with Crippen LogP contribution in [0.3, 0.4) is 0 Å². The van der Waals surface area contributed by atoms with Crippen LogP contribution in [0.1, 0.15) is 36.7 Å². The SMILES string of the molecule is CC(C)c1ccc(CCNc2c(NCc3cc4ccccc4o3)c(=O)c2=O)cc1. The fraction of sp³-hybridized carbons (Fsp3) is 0.250. The molecule has 0 atom stereocenters. The van der Waals surface area contributed by atoms with Gasteiger partial charge in [-0.15, -0.1) is 0 Å². The van der Waals surface area contributed by atoms with E-state index in [0.29, 0.717) is 30.4 Å². The predicted molar refractivity (Wildman–Crippen MR) is 118 cm³/mol. The van der Waals surface area contributed by atoms with Crippen molar-refractivity contribution in [3.63, 3.8) is 0 Å². The highest BCUT2D eigenvalue weighted by Crippen LogP contribution is 2.21. The van der Waals surface area contributed by atoms with Crippen LogP contribution in [0, 0.1) is 0 Å². The number of hydrogen-bond acceptors (Lipinski definition) is 5. The van der Waals surface area contributed by atoms with E-state index in [4.69, 9.17) is 4.42 Å². The fourth-order valence-electron chi connectivity index (χ4n) is 3.43. The van der Waals surface area contributed by atoms with Crippen molar-refractivity contribution in [1.82, 2.24) is 0 Å². The lowest BCUT2D eigenvalue weighted by Crippen LogP contribution is -2.37. The van der Waals surface area contributed by atoms with Crippen LogP contribution in [-0.2, 0) is 13.0 Å². The van der Waals surface area contributed by atoms with E-state index in [-0.39, 0.29) is 0 Å². The normalized spacial score (nSPS) is 11.4. The van der Waals surface area contributed by atoms with Gasteiger partial charge in [-0.3, -0.25) is 9.59 Å². The van der Waals surface area contributed by atoms with Crippen LogP contribution in [0.5, 0.6) is 0 Å². The van der Waals surface area contributed by atoms with Gasteiger partial charge in [0.15, 0.2) is 0 Å². The molecular weight excluding hydrogens is 364 g/mol. The monoisotopic (exact) mass is 388 g/mol. The van der Waals surface area contributed by atoms with E-state index < -0.39 is 10.9 Å². The first-order valence-corrected chi connectivity index (χ1v) is 9.90. The molecule has 0 aliphatic carbocycles. The van der Waals surface area contributed by atoms with Gasteiger partial charge in [0.05, 0.1) is 6.54 Å². The minimum Gasteiger partial charge on any atom is -0.459 e. The number of para-hydroxylation sites is 1. The summed E-state index contributed by atoms with van der Waals surface area (Å²) in [5.41, 5.74) is 3.06. The third-order valence-electron chi connectivity index (χ3n) is 5.19. The molecule has 0 spiro atoms. The molecule has 0 saturated heterocycles. The van der Waals surface area contributed by atoms with E-state index in [9.17, 15) is 9.59 Å². The van der Waals surface area contributed by atoms with Crippen molar-refractivity contribution < 1.29 is 4.42 Å². The van der Waals surface area contributed by atoms with Crippen LogP contribution in [0.15, 0.2) is 68.6 Å². The maximum Gasteiger partial charge on any atom is 0.253 e. The molecular formula is C24H24N2O3. The molecule has 0 aliphatic rings. The largest absolute Gasteiger partial charge is 0.459 e. The van der Waals surface area contributed by atoms with E-state index in [2.05, 4.69) is 48.7 Å². The van der Waals surface area contributed by atoms with E-state index in [0.717, 1.165) is 23.2 Å². The second-order valence-electron chi connectivity index (χ2n) is 7.59. The molecule has 0 aliphatic heterocycles. The summed E-state index contributed by atoms with van der Waals surface area (Å²) in [5.74, 6) is 1.22. The summed E-state index contributed by atoms with van der Waals surface area (Å²) in [6.07, 6.45) is 0.778. The summed E-state index contributed by atoms with van der Waals surface area (Å²) < 4.78 is 5.75. The number of anilines is 2. The van der Waals surface area contributed by atoms with Gasteiger partial charge in [0, 0.05) is 11.9 Å². The standard InChI is InChI=1S/C24H24N2O3/c1-15(2)17-9-7-16(8-10-17)11-12-25-21-22(24(28)23(21)27)26-14-19-13-18-5-3-4-6-20(18)29-19/h3-10,13,15,25-26H,11-12,14H2,1-2H3. The Bertz CT molecular complexity index is 1160. The molecule has 1 heterocycles. The molecule has 0 radical (unpaired) electrons. The number of fused-ring (bicyclic) bond motifs is 1. The molecule has 4 rings (SSSR count). The molecule has 0 saturated carbocycles. The van der Waals surface area contributed by atoms with E-state index in [1.807, 2.05) is 30.3 Å². The predicted octanol–water partition coefficient (Wildman–Crippen LogP) is 4.42. The summed E-state index contributed by atoms with van der Waals surface area (Å²) >= 11 is 0. The molecule has 5 heteroatoms. The van der Waals surface area contributed by atoms with Crippen LogP contribution in [0.4, 0.5) is 11.4 Å². The van der Waals surface area contributed by atoms with Gasteiger partial charge >= 0.3 is 0 Å². The molecule has 148 valence electrons. The lowest BCUT2D eigenvalue weighted by atomic mass is 10.0. The lowest BCUT2D eigenvalue weighted by molar-refractivity contribution is 0.559. The van der Waals surface area contributed by atoms with E-state index in [1.54, 1.807) is 0 Å². The first-order valence-electron chi connectivity index (χ1n) is 9.90. The number of rotatable bonds is 8. The van der Waals surface area contributed by atoms with Crippen LogP contribution >= 0.6 is 0 Å². The van der Waals surface area contributed by atoms with Crippen LogP contribution in [-0.4, -0.2) is 6.54 Å². The topological polar surface area (TPSA) is 71.3 Å². The van der Waals surface area contributed by atoms with Crippen molar-refractivity contribution in [2.75, 3.05) is 17.2 Å². The molecule has 4 aromatic rings. The van der Waals surface area contributed by atoms with Crippen molar-refractivity contribution in [3.8, 4) is 0 Å². The van der Waals surface area contributed by atoms with Crippen molar-refractivity contribution in [2.24, 2.45) is 0 Å². The van der Waals surface area contributed by atoms with E-state index >= 15 is 0 Å². The maximum absolute atomic E-state index is 12.0. The molecule has 0 unspecified atom stereocenters. The molecule has 29 heavy (non-hydrogen) atoms. The van der Waals surface area contributed by atoms with Gasteiger partial charge < -0.3 is 15.1 Å². The van der Waals surface area contributed by atoms with Gasteiger partial charge in [0.1, 0.15) is 22.7 Å². The van der Waals surface area contributed by atoms with Gasteiger partial charge in [0.25, 0.3) is 10.9 Å². The first-order chi connectivity index (χ1) is 14.0. The Hall–Kier alpha value is -3.34. The highest BCUT2D eigenvalue weighted by Gasteiger charge is 2.20. The molecule has 1 aromatic heterocycles.